The predicted octanol–water partition coefficient (Wildman–Crippen LogP) is 4.94. The highest BCUT2D eigenvalue weighted by Gasteiger charge is 2.12. The molecule has 2 heterocycles. The van der Waals surface area contributed by atoms with Crippen molar-refractivity contribution in [3.05, 3.63) is 71.9 Å². The SMILES string of the molecule is COc1ccccc1-c1nc(CCC(=O)Nc2cccc3cccnc23)cs1. The zero-order valence-electron chi connectivity index (χ0n) is 15.4. The number of amides is 1. The van der Waals surface area contributed by atoms with E-state index in [4.69, 9.17) is 4.74 Å². The van der Waals surface area contributed by atoms with Gasteiger partial charge in [0.15, 0.2) is 0 Å². The van der Waals surface area contributed by atoms with Gasteiger partial charge >= 0.3 is 0 Å². The second kappa shape index (κ2) is 8.19. The summed E-state index contributed by atoms with van der Waals surface area (Å²) in [4.78, 5) is 21.5. The number of nitrogens with zero attached hydrogens (tertiary/aromatic N) is 2. The van der Waals surface area contributed by atoms with E-state index in [1.54, 1.807) is 24.6 Å². The molecule has 0 fully saturated rings. The topological polar surface area (TPSA) is 64.1 Å². The van der Waals surface area contributed by atoms with Gasteiger partial charge in [0, 0.05) is 23.4 Å². The van der Waals surface area contributed by atoms with Gasteiger partial charge in [0.05, 0.1) is 29.6 Å². The van der Waals surface area contributed by atoms with Crippen molar-refractivity contribution in [2.45, 2.75) is 12.8 Å². The molecular weight excluding hydrogens is 370 g/mol. The first-order valence-electron chi connectivity index (χ1n) is 8.96. The molecule has 4 rings (SSSR count). The van der Waals surface area contributed by atoms with E-state index in [1.807, 2.05) is 60.0 Å². The van der Waals surface area contributed by atoms with E-state index in [9.17, 15) is 4.79 Å². The van der Waals surface area contributed by atoms with Crippen molar-refractivity contribution in [1.82, 2.24) is 9.97 Å². The first-order chi connectivity index (χ1) is 13.7. The Labute approximate surface area is 167 Å². The van der Waals surface area contributed by atoms with Gasteiger partial charge in [0.1, 0.15) is 10.8 Å². The summed E-state index contributed by atoms with van der Waals surface area (Å²) in [6.45, 7) is 0. The van der Waals surface area contributed by atoms with Crippen molar-refractivity contribution < 1.29 is 9.53 Å². The van der Waals surface area contributed by atoms with Crippen LogP contribution in [0.4, 0.5) is 5.69 Å². The second-order valence-electron chi connectivity index (χ2n) is 6.27. The van der Waals surface area contributed by atoms with Crippen LogP contribution in [0.5, 0.6) is 5.75 Å². The van der Waals surface area contributed by atoms with E-state index in [1.165, 1.54) is 0 Å². The van der Waals surface area contributed by atoms with E-state index in [0.717, 1.165) is 38.6 Å². The molecular formula is C22H19N3O2S. The molecule has 4 aromatic rings. The van der Waals surface area contributed by atoms with Crippen molar-refractivity contribution in [2.75, 3.05) is 12.4 Å². The second-order valence-corrected chi connectivity index (χ2v) is 7.13. The molecule has 140 valence electrons. The minimum absolute atomic E-state index is 0.0509. The Hall–Kier alpha value is -3.25. The Morgan fingerprint density at radius 3 is 2.86 bits per heavy atom. The number of thiazole rings is 1. The fraction of sp³-hybridized carbons (Fsp3) is 0.136. The molecule has 0 aliphatic carbocycles. The summed E-state index contributed by atoms with van der Waals surface area (Å²) in [5, 5.41) is 6.86. The third-order valence-electron chi connectivity index (χ3n) is 4.40. The van der Waals surface area contributed by atoms with Crippen molar-refractivity contribution in [1.29, 1.82) is 0 Å². The number of hydrogen-bond acceptors (Lipinski definition) is 5. The molecule has 6 heteroatoms. The van der Waals surface area contributed by atoms with Crippen molar-refractivity contribution in [3.63, 3.8) is 0 Å². The number of carbonyl (C=O) groups is 1. The van der Waals surface area contributed by atoms with Crippen molar-refractivity contribution in [2.24, 2.45) is 0 Å². The monoisotopic (exact) mass is 389 g/mol. The molecule has 28 heavy (non-hydrogen) atoms. The van der Waals surface area contributed by atoms with Gasteiger partial charge in [-0.1, -0.05) is 30.3 Å². The van der Waals surface area contributed by atoms with Crippen LogP contribution in [0.25, 0.3) is 21.5 Å². The summed E-state index contributed by atoms with van der Waals surface area (Å²) in [5.74, 6) is 0.745. The number of aryl methyl sites for hydroxylation is 1. The molecule has 5 nitrogen and oxygen atoms in total. The molecule has 0 atom stereocenters. The molecule has 1 N–H and O–H groups in total. The van der Waals surface area contributed by atoms with Crippen LogP contribution < -0.4 is 10.1 Å². The number of hydrogen-bond donors (Lipinski definition) is 1. The number of ether oxygens (including phenoxy) is 1. The Morgan fingerprint density at radius 1 is 1.11 bits per heavy atom. The van der Waals surface area contributed by atoms with Gasteiger partial charge in [-0.25, -0.2) is 4.98 Å². The van der Waals surface area contributed by atoms with E-state index < -0.39 is 0 Å². The molecule has 0 bridgehead atoms. The smallest absolute Gasteiger partial charge is 0.224 e. The minimum atomic E-state index is -0.0509. The maximum atomic E-state index is 12.4. The molecule has 0 aliphatic heterocycles. The molecule has 2 aromatic heterocycles. The highest BCUT2D eigenvalue weighted by molar-refractivity contribution is 7.13. The van der Waals surface area contributed by atoms with Gasteiger partial charge in [-0.3, -0.25) is 9.78 Å². The summed E-state index contributed by atoms with van der Waals surface area (Å²) in [5.41, 5.74) is 3.39. The van der Waals surface area contributed by atoms with Crippen LogP contribution in [-0.4, -0.2) is 23.0 Å². The first kappa shape index (κ1) is 18.1. The Kier molecular flexibility index (Phi) is 5.30. The number of methoxy groups -OCH3 is 1. The summed E-state index contributed by atoms with van der Waals surface area (Å²) < 4.78 is 5.41. The number of benzene rings is 2. The van der Waals surface area contributed by atoms with E-state index in [-0.39, 0.29) is 5.91 Å². The quantitative estimate of drug-likeness (QED) is 0.507. The van der Waals surface area contributed by atoms with Crippen LogP contribution in [-0.2, 0) is 11.2 Å². The van der Waals surface area contributed by atoms with Gasteiger partial charge in [-0.2, -0.15) is 0 Å². The number of carbonyl (C=O) groups excluding carboxylic acids is 1. The Bertz CT molecular complexity index is 1120. The molecule has 0 unspecified atom stereocenters. The number of aromatic nitrogens is 2. The lowest BCUT2D eigenvalue weighted by Crippen LogP contribution is -2.13. The maximum Gasteiger partial charge on any atom is 0.224 e. The summed E-state index contributed by atoms with van der Waals surface area (Å²) in [7, 11) is 1.65. The minimum Gasteiger partial charge on any atom is -0.496 e. The van der Waals surface area contributed by atoms with Gasteiger partial charge in [-0.15, -0.1) is 11.3 Å². The van der Waals surface area contributed by atoms with E-state index in [0.29, 0.717) is 12.8 Å². The normalized spacial score (nSPS) is 10.8. The molecule has 2 aromatic carbocycles. The number of pyridine rings is 1. The number of anilines is 1. The van der Waals surface area contributed by atoms with Crippen LogP contribution in [0.2, 0.25) is 0 Å². The fourth-order valence-electron chi connectivity index (χ4n) is 3.03. The number of para-hydroxylation sites is 2. The zero-order valence-corrected chi connectivity index (χ0v) is 16.2. The molecule has 0 saturated heterocycles. The highest BCUT2D eigenvalue weighted by atomic mass is 32.1. The van der Waals surface area contributed by atoms with Crippen molar-refractivity contribution >= 4 is 33.8 Å². The largest absolute Gasteiger partial charge is 0.496 e. The van der Waals surface area contributed by atoms with Crippen LogP contribution >= 0.6 is 11.3 Å². The zero-order chi connectivity index (χ0) is 19.3. The lowest BCUT2D eigenvalue weighted by molar-refractivity contribution is -0.116. The maximum absolute atomic E-state index is 12.4. The molecule has 0 saturated carbocycles. The summed E-state index contributed by atoms with van der Waals surface area (Å²) in [6.07, 6.45) is 2.67. The lowest BCUT2D eigenvalue weighted by atomic mass is 10.2. The van der Waals surface area contributed by atoms with Gasteiger partial charge < -0.3 is 10.1 Å². The average molecular weight is 389 g/mol. The van der Waals surface area contributed by atoms with Crippen LogP contribution in [0.3, 0.4) is 0 Å². The first-order valence-corrected chi connectivity index (χ1v) is 9.84. The average Bonchev–Trinajstić information content (AvgIpc) is 3.21. The molecule has 0 aliphatic rings. The summed E-state index contributed by atoms with van der Waals surface area (Å²) in [6, 6.07) is 17.4. The summed E-state index contributed by atoms with van der Waals surface area (Å²) >= 11 is 1.56. The lowest BCUT2D eigenvalue weighted by Gasteiger charge is -2.07. The van der Waals surface area contributed by atoms with Gasteiger partial charge in [-0.05, 0) is 30.7 Å². The van der Waals surface area contributed by atoms with E-state index in [2.05, 4.69) is 15.3 Å². The predicted molar refractivity (Wildman–Crippen MR) is 113 cm³/mol. The van der Waals surface area contributed by atoms with Crippen LogP contribution in [0, 0.1) is 0 Å². The van der Waals surface area contributed by atoms with Crippen molar-refractivity contribution in [3.8, 4) is 16.3 Å². The molecule has 0 spiro atoms. The van der Waals surface area contributed by atoms with Gasteiger partial charge in [0.2, 0.25) is 5.91 Å². The third-order valence-corrected chi connectivity index (χ3v) is 5.33. The number of rotatable bonds is 6. The molecule has 0 radical (unpaired) electrons. The third kappa shape index (κ3) is 3.87. The van der Waals surface area contributed by atoms with Crippen LogP contribution in [0.15, 0.2) is 66.2 Å². The Morgan fingerprint density at radius 2 is 1.96 bits per heavy atom. The van der Waals surface area contributed by atoms with E-state index >= 15 is 0 Å². The Balaban J connectivity index is 1.42. The molecule has 1 amide bonds. The number of fused-ring (bicyclic) bond motifs is 1. The highest BCUT2D eigenvalue weighted by Crippen LogP contribution is 2.32. The fourth-order valence-corrected chi connectivity index (χ4v) is 3.91. The van der Waals surface area contributed by atoms with Gasteiger partial charge in [0.25, 0.3) is 0 Å². The number of nitrogens with one attached hydrogen (secondary N) is 1. The standard InChI is InChI=1S/C22H19N3O2S/c1-27-19-10-3-2-8-17(19)22-24-16(14-28-22)11-12-20(26)25-18-9-4-6-15-7-5-13-23-21(15)18/h2-10,13-14H,11-12H2,1H3,(H,25,26). The van der Waals surface area contributed by atoms with Crippen LogP contribution in [0.1, 0.15) is 12.1 Å².